The lowest BCUT2D eigenvalue weighted by Gasteiger charge is -2.24. The average Bonchev–Trinajstić information content (AvgIpc) is 3.44. The Morgan fingerprint density at radius 3 is 2.89 bits per heavy atom. The van der Waals surface area contributed by atoms with Crippen LogP contribution in [0.5, 0.6) is 5.88 Å². The Morgan fingerprint density at radius 2 is 2.16 bits per heavy atom. The zero-order valence-corrected chi connectivity index (χ0v) is 22.2. The number of nitrogens with two attached hydrogens (primary N) is 1. The standard InChI is InChI=1S/C27H37N7O3/c1-6-34-27-22(14-30-34)19-7-9-23-21(13-19)24(32-31-23)10-8-20(26(28)36-17(2)3)25(29-11-12-35)16-33(5)15-18(4)37-27/h7-10,13-14,17-18,35H,6,11-12,15-16,28H2,1-5H3,(H,31,32)/b10-8+,26-20+,29-25?/t18-/m0/s1. The number of aryl methyl sites for hydroxylation is 1. The van der Waals surface area contributed by atoms with E-state index in [9.17, 15) is 5.11 Å². The fourth-order valence-corrected chi connectivity index (χ4v) is 4.44. The molecule has 1 atom stereocenters. The number of benzene rings is 1. The highest BCUT2D eigenvalue weighted by atomic mass is 16.5. The van der Waals surface area contributed by atoms with Gasteiger partial charge in [-0.2, -0.15) is 10.2 Å². The zero-order chi connectivity index (χ0) is 26.5. The first-order valence-electron chi connectivity index (χ1n) is 12.7. The highest BCUT2D eigenvalue weighted by Gasteiger charge is 2.21. The molecular weight excluding hydrogens is 470 g/mol. The fourth-order valence-electron chi connectivity index (χ4n) is 4.44. The molecule has 37 heavy (non-hydrogen) atoms. The van der Waals surface area contributed by atoms with Crippen LogP contribution in [0.1, 0.15) is 33.4 Å². The molecule has 0 unspecified atom stereocenters. The maximum atomic E-state index is 9.50. The molecule has 0 saturated heterocycles. The van der Waals surface area contributed by atoms with Gasteiger partial charge in [-0.25, -0.2) is 4.68 Å². The lowest BCUT2D eigenvalue weighted by Crippen LogP contribution is -2.36. The number of ether oxygens (including phenoxy) is 2. The van der Waals surface area contributed by atoms with Crippen LogP contribution in [0.15, 0.2) is 46.9 Å². The maximum Gasteiger partial charge on any atom is 0.220 e. The molecule has 0 radical (unpaired) electrons. The van der Waals surface area contributed by atoms with Gasteiger partial charge in [0.05, 0.1) is 53.5 Å². The molecule has 0 amide bonds. The molecular formula is C27H37N7O3. The number of rotatable bonds is 5. The van der Waals surface area contributed by atoms with Gasteiger partial charge in [0.25, 0.3) is 0 Å². The van der Waals surface area contributed by atoms with Crippen molar-refractivity contribution in [1.82, 2.24) is 24.9 Å². The van der Waals surface area contributed by atoms with Crippen molar-refractivity contribution in [2.24, 2.45) is 10.7 Å². The quantitative estimate of drug-likeness (QED) is 0.453. The van der Waals surface area contributed by atoms with Crippen LogP contribution in [0.25, 0.3) is 28.1 Å². The van der Waals surface area contributed by atoms with Crippen molar-refractivity contribution in [2.75, 3.05) is 33.3 Å². The number of aliphatic imine (C=N–C) groups is 1. The highest BCUT2D eigenvalue weighted by molar-refractivity contribution is 6.05. The predicted molar refractivity (Wildman–Crippen MR) is 146 cm³/mol. The number of aromatic amines is 1. The summed E-state index contributed by atoms with van der Waals surface area (Å²) in [6.07, 6.45) is 5.47. The lowest BCUT2D eigenvalue weighted by molar-refractivity contribution is 0.144. The van der Waals surface area contributed by atoms with Crippen molar-refractivity contribution in [1.29, 1.82) is 0 Å². The van der Waals surface area contributed by atoms with E-state index in [0.29, 0.717) is 25.2 Å². The molecule has 4 N–H and O–H groups in total. The first kappa shape index (κ1) is 26.4. The molecule has 198 valence electrons. The molecule has 2 bridgehead atoms. The summed E-state index contributed by atoms with van der Waals surface area (Å²) in [6.45, 7) is 9.96. The Morgan fingerprint density at radius 1 is 1.35 bits per heavy atom. The third-order valence-corrected chi connectivity index (χ3v) is 6.04. The van der Waals surface area contributed by atoms with Gasteiger partial charge in [-0.05, 0) is 64.6 Å². The Kier molecular flexibility index (Phi) is 8.30. The molecule has 0 spiro atoms. The number of nitrogens with one attached hydrogen (secondary N) is 1. The monoisotopic (exact) mass is 507 g/mol. The molecule has 10 nitrogen and oxygen atoms in total. The molecule has 4 rings (SSSR count). The Bertz CT molecular complexity index is 1320. The van der Waals surface area contributed by atoms with Crippen molar-refractivity contribution in [2.45, 2.75) is 46.4 Å². The van der Waals surface area contributed by atoms with E-state index in [1.54, 1.807) is 0 Å². The Labute approximate surface area is 217 Å². The fraction of sp³-hybridized carbons (Fsp3) is 0.444. The van der Waals surface area contributed by atoms with Crippen molar-refractivity contribution < 1.29 is 14.6 Å². The summed E-state index contributed by atoms with van der Waals surface area (Å²) in [5.74, 6) is 1.02. The largest absolute Gasteiger partial charge is 0.476 e. The summed E-state index contributed by atoms with van der Waals surface area (Å²) in [7, 11) is 2.01. The maximum absolute atomic E-state index is 9.50. The topological polar surface area (TPSA) is 127 Å². The molecule has 0 saturated carbocycles. The summed E-state index contributed by atoms with van der Waals surface area (Å²) >= 11 is 0. The number of H-pyrrole nitrogens is 1. The summed E-state index contributed by atoms with van der Waals surface area (Å²) in [6, 6.07) is 6.12. The minimum absolute atomic E-state index is 0.0631. The van der Waals surface area contributed by atoms with Crippen LogP contribution in [-0.4, -0.2) is 81.2 Å². The van der Waals surface area contributed by atoms with Gasteiger partial charge in [-0.15, -0.1) is 0 Å². The number of hydrogen-bond donors (Lipinski definition) is 3. The number of aliphatic hydroxyl groups excluding tert-OH is 1. The van der Waals surface area contributed by atoms with Gasteiger partial charge in [0.2, 0.25) is 5.88 Å². The first-order chi connectivity index (χ1) is 17.8. The van der Waals surface area contributed by atoms with Crippen molar-refractivity contribution in [3.8, 4) is 17.0 Å². The molecule has 1 aromatic carbocycles. The Balaban J connectivity index is 1.90. The number of fused-ring (bicyclic) bond motifs is 3. The number of aliphatic hydroxyl groups is 1. The lowest BCUT2D eigenvalue weighted by atomic mass is 10.0. The summed E-state index contributed by atoms with van der Waals surface area (Å²) in [5.41, 5.74) is 11.4. The molecule has 3 aromatic rings. The summed E-state index contributed by atoms with van der Waals surface area (Å²) in [4.78, 5) is 6.79. The molecule has 1 aliphatic heterocycles. The van der Waals surface area contributed by atoms with Crippen molar-refractivity contribution in [3.63, 3.8) is 0 Å². The molecule has 2 aromatic heterocycles. The normalized spacial score (nSPS) is 20.5. The van der Waals surface area contributed by atoms with Crippen LogP contribution in [0, 0.1) is 0 Å². The average molecular weight is 508 g/mol. The van der Waals surface area contributed by atoms with Crippen LogP contribution in [0.2, 0.25) is 0 Å². The van der Waals surface area contributed by atoms with Gasteiger partial charge in [0.1, 0.15) is 6.10 Å². The third-order valence-electron chi connectivity index (χ3n) is 6.04. The van der Waals surface area contributed by atoms with Crippen LogP contribution in [0.3, 0.4) is 0 Å². The number of likely N-dealkylation sites (N-methyl/N-ethyl adjacent to an activating group) is 1. The number of aromatic nitrogens is 4. The number of hydrogen-bond acceptors (Lipinski definition) is 8. The number of nitrogens with zero attached hydrogens (tertiary/aromatic N) is 5. The van der Waals surface area contributed by atoms with Gasteiger partial charge < -0.3 is 20.3 Å². The van der Waals surface area contributed by atoms with Gasteiger partial charge in [-0.1, -0.05) is 6.07 Å². The molecule has 1 aliphatic rings. The van der Waals surface area contributed by atoms with Crippen LogP contribution in [0.4, 0.5) is 0 Å². The van der Waals surface area contributed by atoms with E-state index in [2.05, 4.69) is 31.3 Å². The van der Waals surface area contributed by atoms with E-state index in [1.807, 2.05) is 69.9 Å². The summed E-state index contributed by atoms with van der Waals surface area (Å²) < 4.78 is 14.2. The molecule has 10 heteroatoms. The summed E-state index contributed by atoms with van der Waals surface area (Å²) in [5, 5.41) is 22.6. The third kappa shape index (κ3) is 6.03. The predicted octanol–water partition coefficient (Wildman–Crippen LogP) is 3.20. The minimum atomic E-state index is -0.129. The van der Waals surface area contributed by atoms with Crippen LogP contribution in [-0.2, 0) is 11.3 Å². The molecule has 0 fully saturated rings. The number of allylic oxidation sites excluding steroid dienone is 1. The Hall–Kier alpha value is -3.63. The van der Waals surface area contributed by atoms with Crippen LogP contribution >= 0.6 is 0 Å². The smallest absolute Gasteiger partial charge is 0.220 e. The molecule has 0 aliphatic carbocycles. The minimum Gasteiger partial charge on any atom is -0.476 e. The van der Waals surface area contributed by atoms with E-state index in [4.69, 9.17) is 15.2 Å². The first-order valence-corrected chi connectivity index (χ1v) is 12.7. The van der Waals surface area contributed by atoms with Gasteiger partial charge >= 0.3 is 0 Å². The van der Waals surface area contributed by atoms with Gasteiger partial charge in [-0.3, -0.25) is 15.0 Å². The van der Waals surface area contributed by atoms with E-state index < -0.39 is 0 Å². The second-order valence-corrected chi connectivity index (χ2v) is 9.50. The second kappa shape index (κ2) is 11.6. The van der Waals surface area contributed by atoms with Crippen LogP contribution < -0.4 is 10.5 Å². The van der Waals surface area contributed by atoms with Gasteiger partial charge in [0.15, 0.2) is 5.88 Å². The van der Waals surface area contributed by atoms with E-state index >= 15 is 0 Å². The zero-order valence-electron chi connectivity index (χ0n) is 22.2. The van der Waals surface area contributed by atoms with E-state index in [0.717, 1.165) is 39.3 Å². The van der Waals surface area contributed by atoms with Crippen molar-refractivity contribution in [3.05, 3.63) is 47.6 Å². The highest BCUT2D eigenvalue weighted by Crippen LogP contribution is 2.33. The van der Waals surface area contributed by atoms with E-state index in [-0.39, 0.29) is 31.2 Å². The second-order valence-electron chi connectivity index (χ2n) is 9.50. The SMILES string of the molecule is CCn1ncc2c1O[C@@H](C)CN(C)CC(=NCCO)C(=C(\N)OC(C)C)/C=C/c1[nH]nc3ccc-2cc13. The van der Waals surface area contributed by atoms with E-state index in [1.165, 1.54) is 0 Å². The molecule has 3 heterocycles. The van der Waals surface area contributed by atoms with Crippen molar-refractivity contribution >= 4 is 22.7 Å². The van der Waals surface area contributed by atoms with Gasteiger partial charge in [0, 0.05) is 25.0 Å².